The third-order valence-corrected chi connectivity index (χ3v) is 2.14. The van der Waals surface area contributed by atoms with Gasteiger partial charge in [-0.1, -0.05) is 9.24 Å². The molecular weight excluding hydrogens is 123 g/mol. The lowest BCUT2D eigenvalue weighted by Gasteiger charge is -1.71. The first-order valence-corrected chi connectivity index (χ1v) is 3.50. The van der Waals surface area contributed by atoms with Crippen LogP contribution < -0.4 is 4.62 Å². The van der Waals surface area contributed by atoms with E-state index in [1.165, 1.54) is 9.50 Å². The molecule has 0 amide bonds. The molecule has 1 rings (SSSR count). The van der Waals surface area contributed by atoms with Gasteiger partial charge in [0.05, 0.1) is 0 Å². The molecule has 0 aliphatic rings. The van der Waals surface area contributed by atoms with Crippen LogP contribution in [0.2, 0.25) is 0 Å². The Kier molecular flexibility index (Phi) is 1.46. The van der Waals surface area contributed by atoms with Gasteiger partial charge in [0.25, 0.3) is 0 Å². The molecule has 0 N–H and O–H groups in total. The molecule has 0 spiro atoms. The topological polar surface area (TPSA) is 0 Å². The maximum Gasteiger partial charge on any atom is 0.0219 e. The first-order valence-electron chi connectivity index (χ1n) is 2.11. The van der Waals surface area contributed by atoms with Gasteiger partial charge in [-0.3, -0.25) is 0 Å². The van der Waals surface area contributed by atoms with Crippen LogP contribution in [0.1, 0.15) is 4.88 Å². The summed E-state index contributed by atoms with van der Waals surface area (Å²) in [5.41, 5.74) is 0. The zero-order valence-electron chi connectivity index (χ0n) is 4.14. The SMILES string of the molecule is Cc1ccc(P)s1. The number of hydrogen-bond acceptors (Lipinski definition) is 1. The largest absolute Gasteiger partial charge is 0.141 e. The predicted octanol–water partition coefficient (Wildman–Crippen LogP) is 1.56. The minimum Gasteiger partial charge on any atom is -0.141 e. The summed E-state index contributed by atoms with van der Waals surface area (Å²) in [6, 6.07) is 4.22. The molecule has 38 valence electrons. The lowest BCUT2D eigenvalue weighted by Crippen LogP contribution is -1.69. The second-order valence-corrected chi connectivity index (χ2v) is 3.81. The van der Waals surface area contributed by atoms with E-state index in [1.807, 2.05) is 0 Å². The van der Waals surface area contributed by atoms with E-state index in [0.717, 1.165) is 0 Å². The van der Waals surface area contributed by atoms with E-state index >= 15 is 0 Å². The highest BCUT2D eigenvalue weighted by atomic mass is 32.1. The molecular formula is C5H7PS. The van der Waals surface area contributed by atoms with Crippen molar-refractivity contribution in [3.63, 3.8) is 0 Å². The van der Waals surface area contributed by atoms with Gasteiger partial charge < -0.3 is 0 Å². The van der Waals surface area contributed by atoms with Gasteiger partial charge in [0, 0.05) is 9.50 Å². The third kappa shape index (κ3) is 1.25. The Balaban J connectivity index is 3.04. The average molecular weight is 130 g/mol. The van der Waals surface area contributed by atoms with Crippen molar-refractivity contribution in [1.29, 1.82) is 0 Å². The Morgan fingerprint density at radius 2 is 2.29 bits per heavy atom. The monoisotopic (exact) mass is 130 g/mol. The molecule has 2 heteroatoms. The fourth-order valence-electron chi connectivity index (χ4n) is 0.453. The molecule has 0 fully saturated rings. The summed E-state index contributed by atoms with van der Waals surface area (Å²) in [6.07, 6.45) is 0. The molecule has 7 heavy (non-hydrogen) atoms. The van der Waals surface area contributed by atoms with Crippen LogP contribution in [-0.4, -0.2) is 0 Å². The molecule has 0 aliphatic carbocycles. The molecule has 0 radical (unpaired) electrons. The Morgan fingerprint density at radius 3 is 2.43 bits per heavy atom. The van der Waals surface area contributed by atoms with Gasteiger partial charge in [0.1, 0.15) is 0 Å². The summed E-state index contributed by atoms with van der Waals surface area (Å²) in [5.74, 6) is 0. The molecule has 1 aromatic heterocycles. The zero-order valence-corrected chi connectivity index (χ0v) is 6.11. The van der Waals surface area contributed by atoms with Crippen molar-refractivity contribution in [2.45, 2.75) is 6.92 Å². The minimum atomic E-state index is 1.32. The normalized spacial score (nSPS) is 9.43. The van der Waals surface area contributed by atoms with Gasteiger partial charge >= 0.3 is 0 Å². The fraction of sp³-hybridized carbons (Fsp3) is 0.200. The van der Waals surface area contributed by atoms with Crippen LogP contribution in [0, 0.1) is 6.92 Å². The highest BCUT2D eigenvalue weighted by molar-refractivity contribution is 7.43. The smallest absolute Gasteiger partial charge is 0.0219 e. The minimum absolute atomic E-state index is 1.32. The van der Waals surface area contributed by atoms with Crippen molar-refractivity contribution in [2.75, 3.05) is 0 Å². The first kappa shape index (κ1) is 5.27. The zero-order chi connectivity index (χ0) is 5.28. The van der Waals surface area contributed by atoms with Crippen LogP contribution in [-0.2, 0) is 0 Å². The van der Waals surface area contributed by atoms with Crippen LogP contribution in [0.15, 0.2) is 12.1 Å². The van der Waals surface area contributed by atoms with E-state index < -0.39 is 0 Å². The molecule has 0 bridgehead atoms. The number of hydrogen-bond donors (Lipinski definition) is 0. The van der Waals surface area contributed by atoms with Gasteiger partial charge in [0.2, 0.25) is 0 Å². The maximum atomic E-state index is 2.67. The molecule has 0 nitrogen and oxygen atoms in total. The standard InChI is InChI=1S/C5H7PS/c1-4-2-3-5(6)7-4/h2-3H,6H2,1H3. The van der Waals surface area contributed by atoms with Crippen LogP contribution in [0.4, 0.5) is 0 Å². The van der Waals surface area contributed by atoms with Gasteiger partial charge in [-0.2, -0.15) is 0 Å². The third-order valence-electron chi connectivity index (χ3n) is 0.761. The molecule has 1 aromatic rings. The van der Waals surface area contributed by atoms with E-state index in [-0.39, 0.29) is 0 Å². The molecule has 0 aliphatic heterocycles. The maximum absolute atomic E-state index is 2.67. The Bertz CT molecular complexity index is 140. The second-order valence-electron chi connectivity index (χ2n) is 1.45. The van der Waals surface area contributed by atoms with Gasteiger partial charge in [-0.15, -0.1) is 11.3 Å². The van der Waals surface area contributed by atoms with E-state index in [1.54, 1.807) is 11.3 Å². The summed E-state index contributed by atoms with van der Waals surface area (Å²) in [6.45, 7) is 2.11. The fourth-order valence-corrected chi connectivity index (χ4v) is 1.75. The molecule has 0 saturated carbocycles. The van der Waals surface area contributed by atoms with E-state index in [2.05, 4.69) is 28.3 Å². The summed E-state index contributed by atoms with van der Waals surface area (Å²) < 4.78 is 1.32. The Morgan fingerprint density at radius 1 is 1.57 bits per heavy atom. The van der Waals surface area contributed by atoms with E-state index in [4.69, 9.17) is 0 Å². The van der Waals surface area contributed by atoms with E-state index in [0.29, 0.717) is 0 Å². The van der Waals surface area contributed by atoms with Gasteiger partial charge in [0.15, 0.2) is 0 Å². The van der Waals surface area contributed by atoms with Crippen molar-refractivity contribution in [3.05, 3.63) is 17.0 Å². The number of aryl methyl sites for hydroxylation is 1. The van der Waals surface area contributed by atoms with Crippen LogP contribution in [0.5, 0.6) is 0 Å². The second kappa shape index (κ2) is 1.94. The van der Waals surface area contributed by atoms with Gasteiger partial charge in [-0.05, 0) is 19.1 Å². The van der Waals surface area contributed by atoms with E-state index in [9.17, 15) is 0 Å². The lowest BCUT2D eigenvalue weighted by atomic mass is 10.5. The van der Waals surface area contributed by atoms with Crippen molar-refractivity contribution in [3.8, 4) is 0 Å². The van der Waals surface area contributed by atoms with Crippen LogP contribution >= 0.6 is 20.6 Å². The number of rotatable bonds is 0. The number of thiophene rings is 1. The van der Waals surface area contributed by atoms with Gasteiger partial charge in [-0.25, -0.2) is 0 Å². The molecule has 0 aromatic carbocycles. The average Bonchev–Trinajstić information content (AvgIpc) is 1.87. The van der Waals surface area contributed by atoms with Crippen molar-refractivity contribution in [2.24, 2.45) is 0 Å². The van der Waals surface area contributed by atoms with Crippen molar-refractivity contribution < 1.29 is 0 Å². The summed E-state index contributed by atoms with van der Waals surface area (Å²) >= 11 is 1.81. The Hall–Kier alpha value is 0.130. The van der Waals surface area contributed by atoms with Crippen LogP contribution in [0.3, 0.4) is 0 Å². The molecule has 1 heterocycles. The summed E-state index contributed by atoms with van der Waals surface area (Å²) in [5, 5.41) is 0. The predicted molar refractivity (Wildman–Crippen MR) is 38.4 cm³/mol. The highest BCUT2D eigenvalue weighted by Gasteiger charge is 1.84. The summed E-state index contributed by atoms with van der Waals surface area (Å²) in [7, 11) is 2.67. The lowest BCUT2D eigenvalue weighted by molar-refractivity contribution is 1.64. The summed E-state index contributed by atoms with van der Waals surface area (Å²) in [4.78, 5) is 1.38. The van der Waals surface area contributed by atoms with Crippen molar-refractivity contribution in [1.82, 2.24) is 0 Å². The molecule has 0 saturated heterocycles. The molecule has 1 atom stereocenters. The molecule has 1 unspecified atom stereocenters. The van der Waals surface area contributed by atoms with Crippen LogP contribution in [0.25, 0.3) is 0 Å². The Labute approximate surface area is 49.8 Å². The first-order chi connectivity index (χ1) is 3.29. The quantitative estimate of drug-likeness (QED) is 0.467. The highest BCUT2D eigenvalue weighted by Crippen LogP contribution is 2.05. The van der Waals surface area contributed by atoms with Crippen molar-refractivity contribution >= 4 is 25.2 Å².